The molecule has 2 aliphatic rings. The van der Waals surface area contributed by atoms with Gasteiger partial charge in [-0.05, 0) is 31.6 Å². The molecule has 2 saturated carbocycles. The van der Waals surface area contributed by atoms with Gasteiger partial charge in [0.2, 0.25) is 0 Å². The van der Waals surface area contributed by atoms with Crippen LogP contribution in [0.3, 0.4) is 0 Å². The smallest absolute Gasteiger partial charge is 0.188 e. The van der Waals surface area contributed by atoms with Gasteiger partial charge in [0.25, 0.3) is 0 Å². The summed E-state index contributed by atoms with van der Waals surface area (Å²) in [5.74, 6) is 1.31. The van der Waals surface area contributed by atoms with Gasteiger partial charge in [-0.2, -0.15) is 0 Å². The number of rotatable bonds is 5. The highest BCUT2D eigenvalue weighted by molar-refractivity contribution is 5.78. The Balaban J connectivity index is 1.71. The van der Waals surface area contributed by atoms with Gasteiger partial charge in [-0.1, -0.05) is 19.3 Å². The van der Waals surface area contributed by atoms with Crippen molar-refractivity contribution in [2.75, 3.05) is 13.7 Å². The largest absolute Gasteiger partial charge is 0.379 e. The van der Waals surface area contributed by atoms with Crippen LogP contribution in [0.5, 0.6) is 0 Å². The predicted molar refractivity (Wildman–Crippen MR) is 70.0 cm³/mol. The molecule has 0 aromatic heterocycles. The highest BCUT2D eigenvalue weighted by atomic mass is 16.5. The fraction of sp³-hybridized carbons (Fsp3) is 0.923. The topological polar surface area (TPSA) is 59.6 Å². The normalized spacial score (nSPS) is 24.6. The lowest BCUT2D eigenvalue weighted by atomic mass is 9.96. The lowest BCUT2D eigenvalue weighted by Crippen LogP contribution is -2.41. The van der Waals surface area contributed by atoms with Gasteiger partial charge in [0.15, 0.2) is 5.96 Å². The Morgan fingerprint density at radius 3 is 2.59 bits per heavy atom. The minimum Gasteiger partial charge on any atom is -0.379 e. The number of aliphatic imine (C=N–C) groups is 1. The van der Waals surface area contributed by atoms with E-state index in [4.69, 9.17) is 10.5 Å². The first-order valence-electron chi connectivity index (χ1n) is 6.89. The van der Waals surface area contributed by atoms with E-state index in [2.05, 4.69) is 10.3 Å². The van der Waals surface area contributed by atoms with Crippen LogP contribution < -0.4 is 11.1 Å². The molecule has 0 heterocycles. The lowest BCUT2D eigenvalue weighted by Gasteiger charge is -2.23. The number of ether oxygens (including phenoxy) is 1. The highest BCUT2D eigenvalue weighted by Gasteiger charge is 2.31. The first-order chi connectivity index (χ1) is 8.29. The molecule has 1 unspecified atom stereocenters. The van der Waals surface area contributed by atoms with Crippen molar-refractivity contribution in [3.63, 3.8) is 0 Å². The number of hydrogen-bond donors (Lipinski definition) is 2. The van der Waals surface area contributed by atoms with Gasteiger partial charge in [0.1, 0.15) is 0 Å². The van der Waals surface area contributed by atoms with Crippen LogP contribution in [-0.4, -0.2) is 31.8 Å². The van der Waals surface area contributed by atoms with Crippen LogP contribution in [0.4, 0.5) is 0 Å². The summed E-state index contributed by atoms with van der Waals surface area (Å²) < 4.78 is 5.42. The molecule has 0 aromatic rings. The van der Waals surface area contributed by atoms with Crippen LogP contribution in [0.2, 0.25) is 0 Å². The van der Waals surface area contributed by atoms with Crippen LogP contribution in [0, 0.1) is 5.92 Å². The van der Waals surface area contributed by atoms with E-state index in [-0.39, 0.29) is 6.10 Å². The summed E-state index contributed by atoms with van der Waals surface area (Å²) in [5.41, 5.74) is 5.91. The van der Waals surface area contributed by atoms with Gasteiger partial charge >= 0.3 is 0 Å². The molecule has 3 N–H and O–H groups in total. The number of nitrogens with one attached hydrogen (secondary N) is 1. The summed E-state index contributed by atoms with van der Waals surface area (Å²) in [6.07, 6.45) is 9.28. The van der Waals surface area contributed by atoms with Crippen molar-refractivity contribution in [3.05, 3.63) is 0 Å². The molecule has 0 saturated heterocycles. The fourth-order valence-corrected chi connectivity index (χ4v) is 2.57. The van der Waals surface area contributed by atoms with Crippen LogP contribution in [0.25, 0.3) is 0 Å². The zero-order chi connectivity index (χ0) is 12.1. The average Bonchev–Trinajstić information content (AvgIpc) is 3.16. The number of nitrogens with zero attached hydrogens (tertiary/aromatic N) is 1. The van der Waals surface area contributed by atoms with E-state index in [1.54, 1.807) is 7.11 Å². The number of methoxy groups -OCH3 is 1. The zero-order valence-corrected chi connectivity index (χ0v) is 10.8. The summed E-state index contributed by atoms with van der Waals surface area (Å²) in [6.45, 7) is 0.701. The molecular formula is C13H25N3O. The Morgan fingerprint density at radius 1 is 1.29 bits per heavy atom. The Hall–Kier alpha value is -0.770. The van der Waals surface area contributed by atoms with E-state index in [1.165, 1.54) is 44.9 Å². The van der Waals surface area contributed by atoms with Gasteiger partial charge < -0.3 is 15.8 Å². The van der Waals surface area contributed by atoms with Crippen molar-refractivity contribution < 1.29 is 4.74 Å². The summed E-state index contributed by atoms with van der Waals surface area (Å²) in [5, 5.41) is 3.33. The minimum atomic E-state index is 0.265. The maximum Gasteiger partial charge on any atom is 0.188 e. The molecule has 4 heteroatoms. The predicted octanol–water partition coefficient (Wildman–Crippen LogP) is 1.65. The first-order valence-corrected chi connectivity index (χ1v) is 6.89. The molecule has 98 valence electrons. The van der Waals surface area contributed by atoms with E-state index in [0.717, 1.165) is 0 Å². The van der Waals surface area contributed by atoms with E-state index in [1.807, 2.05) is 0 Å². The SMILES string of the molecule is COC(CN=C(N)NC1CCCCC1)C1CC1. The molecular weight excluding hydrogens is 214 g/mol. The van der Waals surface area contributed by atoms with E-state index in [0.29, 0.717) is 24.5 Å². The van der Waals surface area contributed by atoms with Crippen molar-refractivity contribution in [1.82, 2.24) is 5.32 Å². The first kappa shape index (κ1) is 12.7. The van der Waals surface area contributed by atoms with Crippen molar-refractivity contribution in [1.29, 1.82) is 0 Å². The van der Waals surface area contributed by atoms with Crippen molar-refractivity contribution in [3.8, 4) is 0 Å². The molecule has 0 aliphatic heterocycles. The van der Waals surface area contributed by atoms with Gasteiger partial charge in [-0.3, -0.25) is 4.99 Å². The number of nitrogens with two attached hydrogens (primary N) is 1. The molecule has 2 fully saturated rings. The summed E-state index contributed by atoms with van der Waals surface area (Å²) >= 11 is 0. The average molecular weight is 239 g/mol. The molecule has 2 aliphatic carbocycles. The second kappa shape index (κ2) is 6.24. The van der Waals surface area contributed by atoms with E-state index < -0.39 is 0 Å². The van der Waals surface area contributed by atoms with E-state index >= 15 is 0 Å². The summed E-state index contributed by atoms with van der Waals surface area (Å²) in [7, 11) is 1.77. The minimum absolute atomic E-state index is 0.265. The third-order valence-electron chi connectivity index (χ3n) is 3.85. The van der Waals surface area contributed by atoms with Crippen molar-refractivity contribution in [2.24, 2.45) is 16.6 Å². The van der Waals surface area contributed by atoms with Gasteiger partial charge in [-0.15, -0.1) is 0 Å². The molecule has 0 spiro atoms. The maximum atomic E-state index is 5.91. The molecule has 4 nitrogen and oxygen atoms in total. The second-order valence-corrected chi connectivity index (χ2v) is 5.32. The van der Waals surface area contributed by atoms with E-state index in [9.17, 15) is 0 Å². The van der Waals surface area contributed by atoms with Crippen LogP contribution in [-0.2, 0) is 4.74 Å². The molecule has 0 amide bonds. The molecule has 0 radical (unpaired) electrons. The monoisotopic (exact) mass is 239 g/mol. The fourth-order valence-electron chi connectivity index (χ4n) is 2.57. The standard InChI is InChI=1S/C13H25N3O/c1-17-12(10-7-8-10)9-15-13(14)16-11-5-3-2-4-6-11/h10-12H,2-9H2,1H3,(H3,14,15,16). The Labute approximate surface area is 104 Å². The second-order valence-electron chi connectivity index (χ2n) is 5.32. The molecule has 0 aromatic carbocycles. The Kier molecular flexibility index (Phi) is 4.66. The number of hydrogen-bond acceptors (Lipinski definition) is 2. The summed E-state index contributed by atoms with van der Waals surface area (Å²) in [4.78, 5) is 4.41. The Bertz CT molecular complexity index is 257. The van der Waals surface area contributed by atoms with Gasteiger partial charge in [-0.25, -0.2) is 0 Å². The third kappa shape index (κ3) is 4.19. The zero-order valence-electron chi connectivity index (χ0n) is 10.8. The Morgan fingerprint density at radius 2 is 2.00 bits per heavy atom. The maximum absolute atomic E-state index is 5.91. The van der Waals surface area contributed by atoms with Crippen molar-refractivity contribution >= 4 is 5.96 Å². The van der Waals surface area contributed by atoms with Gasteiger partial charge in [0.05, 0.1) is 12.6 Å². The molecule has 17 heavy (non-hydrogen) atoms. The molecule has 2 rings (SSSR count). The van der Waals surface area contributed by atoms with Crippen LogP contribution in [0.15, 0.2) is 4.99 Å². The van der Waals surface area contributed by atoms with Crippen LogP contribution in [0.1, 0.15) is 44.9 Å². The molecule has 0 bridgehead atoms. The van der Waals surface area contributed by atoms with Crippen molar-refractivity contribution in [2.45, 2.75) is 57.1 Å². The van der Waals surface area contributed by atoms with Crippen LogP contribution >= 0.6 is 0 Å². The number of guanidine groups is 1. The molecule has 1 atom stereocenters. The lowest BCUT2D eigenvalue weighted by molar-refractivity contribution is 0.0918. The summed E-state index contributed by atoms with van der Waals surface area (Å²) in [6, 6.07) is 0.536. The highest BCUT2D eigenvalue weighted by Crippen LogP contribution is 2.34. The van der Waals surface area contributed by atoms with Gasteiger partial charge in [0, 0.05) is 13.2 Å². The quantitative estimate of drug-likeness (QED) is 0.566. The third-order valence-corrected chi connectivity index (χ3v) is 3.85.